The molecule has 0 bridgehead atoms. The molecule has 5 nitrogen and oxygen atoms in total. The summed E-state index contributed by atoms with van der Waals surface area (Å²) in [6, 6.07) is 13.7. The van der Waals surface area contributed by atoms with Crippen molar-refractivity contribution in [3.05, 3.63) is 48.0 Å². The van der Waals surface area contributed by atoms with Gasteiger partial charge in [0.25, 0.3) is 0 Å². The molecule has 0 saturated carbocycles. The molecule has 1 saturated heterocycles. The fraction of sp³-hybridized carbons (Fsp3) is 0.478. The Labute approximate surface area is 167 Å². The highest BCUT2D eigenvalue weighted by Crippen LogP contribution is 2.19. The average Bonchev–Trinajstić information content (AvgIpc) is 3.14. The lowest BCUT2D eigenvalue weighted by Gasteiger charge is -2.27. The van der Waals surface area contributed by atoms with Crippen LogP contribution in [0.5, 0.6) is 0 Å². The van der Waals surface area contributed by atoms with Crippen molar-refractivity contribution in [3.63, 3.8) is 0 Å². The van der Waals surface area contributed by atoms with Crippen molar-refractivity contribution >= 4 is 22.6 Å². The number of carbonyl (C=O) groups excluding carboxylic acids is 2. The number of nitrogens with zero attached hydrogens (tertiary/aromatic N) is 1. The van der Waals surface area contributed by atoms with E-state index in [2.05, 4.69) is 16.7 Å². The molecular weight excluding hydrogens is 350 g/mol. The van der Waals surface area contributed by atoms with Crippen LogP contribution in [-0.4, -0.2) is 49.4 Å². The first-order valence-electron chi connectivity index (χ1n) is 10.2. The van der Waals surface area contributed by atoms with Gasteiger partial charge in [0.15, 0.2) is 0 Å². The fourth-order valence-electron chi connectivity index (χ4n) is 3.96. The molecule has 150 valence electrons. The largest absolute Gasteiger partial charge is 0.344 e. The van der Waals surface area contributed by atoms with E-state index in [4.69, 9.17) is 0 Å². The lowest BCUT2D eigenvalue weighted by molar-refractivity contribution is -0.136. The van der Waals surface area contributed by atoms with Gasteiger partial charge in [0.1, 0.15) is 6.04 Å². The Balaban J connectivity index is 1.63. The van der Waals surface area contributed by atoms with Gasteiger partial charge in [-0.1, -0.05) is 56.3 Å². The first kappa shape index (κ1) is 20.3. The number of amides is 2. The Morgan fingerprint density at radius 1 is 1.14 bits per heavy atom. The Morgan fingerprint density at radius 3 is 2.61 bits per heavy atom. The van der Waals surface area contributed by atoms with Crippen molar-refractivity contribution in [2.24, 2.45) is 11.8 Å². The van der Waals surface area contributed by atoms with Crippen LogP contribution in [0.3, 0.4) is 0 Å². The third-order valence-corrected chi connectivity index (χ3v) is 5.52. The van der Waals surface area contributed by atoms with Crippen molar-refractivity contribution in [2.75, 3.05) is 26.7 Å². The second-order valence-electron chi connectivity index (χ2n) is 8.14. The molecule has 28 heavy (non-hydrogen) atoms. The molecule has 3 rings (SSSR count). The quantitative estimate of drug-likeness (QED) is 0.775. The molecular formula is C23H31N3O2. The van der Waals surface area contributed by atoms with Crippen molar-refractivity contribution in [1.82, 2.24) is 15.5 Å². The predicted molar refractivity (Wildman–Crippen MR) is 113 cm³/mol. The van der Waals surface area contributed by atoms with Crippen molar-refractivity contribution < 1.29 is 9.59 Å². The van der Waals surface area contributed by atoms with E-state index in [-0.39, 0.29) is 24.2 Å². The second-order valence-corrected chi connectivity index (χ2v) is 8.14. The molecule has 0 spiro atoms. The summed E-state index contributed by atoms with van der Waals surface area (Å²) in [4.78, 5) is 27.6. The van der Waals surface area contributed by atoms with Crippen LogP contribution in [0.4, 0.5) is 0 Å². The van der Waals surface area contributed by atoms with Gasteiger partial charge in [0.2, 0.25) is 11.8 Å². The molecule has 1 aliphatic rings. The number of hydrogen-bond donors (Lipinski definition) is 2. The van der Waals surface area contributed by atoms with Crippen LogP contribution in [0.1, 0.15) is 25.8 Å². The van der Waals surface area contributed by atoms with E-state index in [9.17, 15) is 9.59 Å². The minimum atomic E-state index is -0.471. The van der Waals surface area contributed by atoms with Gasteiger partial charge in [-0.05, 0) is 48.2 Å². The van der Waals surface area contributed by atoms with Crippen LogP contribution in [-0.2, 0) is 16.0 Å². The summed E-state index contributed by atoms with van der Waals surface area (Å²) in [6.45, 7) is 6.43. The zero-order chi connectivity index (χ0) is 20.1. The smallest absolute Gasteiger partial charge is 0.245 e. The Hall–Kier alpha value is -2.40. The van der Waals surface area contributed by atoms with Crippen LogP contribution < -0.4 is 10.6 Å². The first-order chi connectivity index (χ1) is 13.5. The topological polar surface area (TPSA) is 61.4 Å². The normalized spacial score (nSPS) is 17.9. The van der Waals surface area contributed by atoms with Gasteiger partial charge >= 0.3 is 0 Å². The fourth-order valence-corrected chi connectivity index (χ4v) is 3.96. The highest BCUT2D eigenvalue weighted by molar-refractivity contribution is 5.90. The molecule has 2 unspecified atom stereocenters. The van der Waals surface area contributed by atoms with Gasteiger partial charge < -0.3 is 15.5 Å². The minimum absolute atomic E-state index is 0.0421. The molecule has 1 fully saturated rings. The van der Waals surface area contributed by atoms with Crippen LogP contribution in [0.15, 0.2) is 42.5 Å². The molecule has 5 heteroatoms. The summed E-state index contributed by atoms with van der Waals surface area (Å²) in [5.41, 5.74) is 0.960. The van der Waals surface area contributed by atoms with Crippen molar-refractivity contribution in [3.8, 4) is 0 Å². The maximum Gasteiger partial charge on any atom is 0.245 e. The van der Waals surface area contributed by atoms with Gasteiger partial charge in [-0.15, -0.1) is 0 Å². The molecule has 2 N–H and O–H groups in total. The van der Waals surface area contributed by atoms with Gasteiger partial charge in [0, 0.05) is 13.1 Å². The standard InChI is InChI=1S/C23H31N3O2/c1-16(2)22(23(28)26-11-10-18(15-26)14-24-3)25-21(27)13-17-8-9-19-6-4-5-7-20(19)12-17/h4-9,12,16,18,22,24H,10-11,13-15H2,1-3H3,(H,25,27). The van der Waals surface area contributed by atoms with Crippen molar-refractivity contribution in [1.29, 1.82) is 0 Å². The zero-order valence-corrected chi connectivity index (χ0v) is 17.1. The summed E-state index contributed by atoms with van der Waals surface area (Å²) >= 11 is 0. The molecule has 2 aromatic carbocycles. The Kier molecular flexibility index (Phi) is 6.68. The second kappa shape index (κ2) is 9.20. The lowest BCUT2D eigenvalue weighted by atomic mass is 10.0. The Morgan fingerprint density at radius 2 is 1.89 bits per heavy atom. The zero-order valence-electron chi connectivity index (χ0n) is 17.1. The lowest BCUT2D eigenvalue weighted by Crippen LogP contribution is -2.51. The molecule has 0 radical (unpaired) electrons. The average molecular weight is 382 g/mol. The summed E-state index contributed by atoms with van der Waals surface area (Å²) in [6.07, 6.45) is 1.30. The van der Waals surface area contributed by atoms with Crippen LogP contribution in [0, 0.1) is 11.8 Å². The van der Waals surface area contributed by atoms with Gasteiger partial charge in [-0.25, -0.2) is 0 Å². The summed E-state index contributed by atoms with van der Waals surface area (Å²) in [5, 5.41) is 8.46. The maximum atomic E-state index is 13.0. The van der Waals surface area contributed by atoms with E-state index in [1.807, 2.05) is 62.2 Å². The van der Waals surface area contributed by atoms with Gasteiger partial charge in [-0.2, -0.15) is 0 Å². The van der Waals surface area contributed by atoms with E-state index < -0.39 is 6.04 Å². The molecule has 0 aromatic heterocycles. The minimum Gasteiger partial charge on any atom is -0.344 e. The molecule has 1 aliphatic heterocycles. The number of hydrogen-bond acceptors (Lipinski definition) is 3. The van der Waals surface area contributed by atoms with E-state index in [0.29, 0.717) is 5.92 Å². The number of carbonyl (C=O) groups is 2. The molecule has 2 atom stereocenters. The Bertz CT molecular complexity index is 833. The van der Waals surface area contributed by atoms with E-state index >= 15 is 0 Å². The highest BCUT2D eigenvalue weighted by Gasteiger charge is 2.33. The highest BCUT2D eigenvalue weighted by atomic mass is 16.2. The van der Waals surface area contributed by atoms with Gasteiger partial charge in [-0.3, -0.25) is 9.59 Å². The van der Waals surface area contributed by atoms with Crippen LogP contribution in [0.2, 0.25) is 0 Å². The monoisotopic (exact) mass is 381 g/mol. The number of rotatable bonds is 7. The van der Waals surface area contributed by atoms with E-state index in [1.54, 1.807) is 0 Å². The summed E-state index contributed by atoms with van der Waals surface area (Å²) in [5.74, 6) is 0.486. The van der Waals surface area contributed by atoms with E-state index in [1.165, 1.54) is 0 Å². The third kappa shape index (κ3) is 4.90. The van der Waals surface area contributed by atoms with Crippen LogP contribution in [0.25, 0.3) is 10.8 Å². The van der Waals surface area contributed by atoms with Crippen LogP contribution >= 0.6 is 0 Å². The number of likely N-dealkylation sites (tertiary alicyclic amines) is 1. The van der Waals surface area contributed by atoms with Crippen molar-refractivity contribution in [2.45, 2.75) is 32.7 Å². The summed E-state index contributed by atoms with van der Waals surface area (Å²) in [7, 11) is 1.94. The van der Waals surface area contributed by atoms with E-state index in [0.717, 1.165) is 42.4 Å². The molecule has 1 heterocycles. The third-order valence-electron chi connectivity index (χ3n) is 5.52. The maximum absolute atomic E-state index is 13.0. The molecule has 2 amide bonds. The predicted octanol–water partition coefficient (Wildman–Crippen LogP) is 2.59. The molecule has 0 aliphatic carbocycles. The molecule has 2 aromatic rings. The summed E-state index contributed by atoms with van der Waals surface area (Å²) < 4.78 is 0. The SMILES string of the molecule is CNCC1CCN(C(=O)C(NC(=O)Cc2ccc3ccccc3c2)C(C)C)C1. The number of benzene rings is 2. The first-order valence-corrected chi connectivity index (χ1v) is 10.2. The number of fused-ring (bicyclic) bond motifs is 1. The van der Waals surface area contributed by atoms with Gasteiger partial charge in [0.05, 0.1) is 6.42 Å². The number of nitrogens with one attached hydrogen (secondary N) is 2.